The van der Waals surface area contributed by atoms with Crippen molar-refractivity contribution in [1.82, 2.24) is 0 Å². The highest BCUT2D eigenvalue weighted by Gasteiger charge is 2.40. The van der Waals surface area contributed by atoms with E-state index in [2.05, 4.69) is 6.08 Å². The number of hydrogen-bond donors (Lipinski definition) is 1. The molecule has 0 spiro atoms. The first-order valence-electron chi connectivity index (χ1n) is 4.72. The third-order valence-corrected chi connectivity index (χ3v) is 2.94. The van der Waals surface area contributed by atoms with Crippen LogP contribution in [0, 0.1) is 11.8 Å². The maximum absolute atomic E-state index is 9.56. The lowest BCUT2D eigenvalue weighted by Crippen LogP contribution is -2.05. The molecule has 0 radical (unpaired) electrons. The Kier molecular flexibility index (Phi) is 1.99. The van der Waals surface area contributed by atoms with Crippen LogP contribution in [-0.2, 0) is 0 Å². The van der Waals surface area contributed by atoms with Crippen LogP contribution in [0.25, 0.3) is 0 Å². The largest absolute Gasteiger partial charge is 0.389 e. The van der Waals surface area contributed by atoms with E-state index in [4.69, 9.17) is 0 Å². The van der Waals surface area contributed by atoms with Crippen LogP contribution in [0.4, 0.5) is 0 Å². The molecule has 1 fully saturated rings. The highest BCUT2D eigenvalue weighted by molar-refractivity contribution is 5.02. The first-order chi connectivity index (χ1) is 5.38. The number of allylic oxidation sites excluding steroid dienone is 1. The minimum atomic E-state index is -0.127. The number of aliphatic hydroxyl groups is 1. The van der Waals surface area contributed by atoms with Crippen LogP contribution < -0.4 is 0 Å². The summed E-state index contributed by atoms with van der Waals surface area (Å²) >= 11 is 0. The molecule has 1 heteroatoms. The fourth-order valence-electron chi connectivity index (χ4n) is 2.07. The summed E-state index contributed by atoms with van der Waals surface area (Å²) in [5.41, 5.74) is 0. The van der Waals surface area contributed by atoms with Crippen molar-refractivity contribution in [3.8, 4) is 0 Å². The third kappa shape index (κ3) is 1.64. The molecule has 0 bridgehead atoms. The molecule has 0 aromatic carbocycles. The van der Waals surface area contributed by atoms with E-state index in [1.54, 1.807) is 0 Å². The summed E-state index contributed by atoms with van der Waals surface area (Å²) in [5.74, 6) is 1.47. The molecule has 1 nitrogen and oxygen atoms in total. The van der Waals surface area contributed by atoms with Crippen molar-refractivity contribution in [2.75, 3.05) is 0 Å². The molecule has 1 saturated carbocycles. The van der Waals surface area contributed by atoms with Gasteiger partial charge < -0.3 is 5.11 Å². The Labute approximate surface area is 68.1 Å². The molecule has 0 aromatic rings. The van der Waals surface area contributed by atoms with E-state index in [-0.39, 0.29) is 6.10 Å². The molecule has 1 N–H and O–H groups in total. The lowest BCUT2D eigenvalue weighted by Gasteiger charge is -2.01. The number of hydrogen-bond acceptors (Lipinski definition) is 1. The van der Waals surface area contributed by atoms with E-state index in [0.717, 1.165) is 12.3 Å². The Morgan fingerprint density at radius 2 is 2.18 bits per heavy atom. The maximum Gasteiger partial charge on any atom is 0.0751 e. The molecule has 2 aliphatic carbocycles. The Bertz CT molecular complexity index is 162. The molecule has 3 atom stereocenters. The SMILES string of the molecule is O[C@H]1/C=C\CCCC[C@H]2C[C@H]21. The van der Waals surface area contributed by atoms with Crippen LogP contribution in [-0.4, -0.2) is 11.2 Å². The van der Waals surface area contributed by atoms with E-state index in [9.17, 15) is 5.11 Å². The maximum atomic E-state index is 9.56. The summed E-state index contributed by atoms with van der Waals surface area (Å²) in [7, 11) is 0. The van der Waals surface area contributed by atoms with E-state index >= 15 is 0 Å². The van der Waals surface area contributed by atoms with Crippen molar-refractivity contribution in [3.63, 3.8) is 0 Å². The summed E-state index contributed by atoms with van der Waals surface area (Å²) in [6.07, 6.45) is 10.5. The van der Waals surface area contributed by atoms with Gasteiger partial charge in [0.2, 0.25) is 0 Å². The molecule has 0 heterocycles. The van der Waals surface area contributed by atoms with Crippen LogP contribution in [0.2, 0.25) is 0 Å². The van der Waals surface area contributed by atoms with Crippen molar-refractivity contribution in [3.05, 3.63) is 12.2 Å². The van der Waals surface area contributed by atoms with Crippen molar-refractivity contribution in [2.24, 2.45) is 11.8 Å². The summed E-state index contributed by atoms with van der Waals surface area (Å²) < 4.78 is 0. The zero-order valence-electron chi connectivity index (χ0n) is 6.87. The molecule has 0 amide bonds. The standard InChI is InChI=1S/C10H16O/c11-10-6-4-2-1-3-5-8-7-9(8)10/h4,6,8-11H,1-3,5,7H2/b6-4-/t8-,9+,10-/m0/s1. The normalized spacial score (nSPS) is 46.5. The topological polar surface area (TPSA) is 20.2 Å². The second-order valence-electron chi connectivity index (χ2n) is 3.86. The predicted octanol–water partition coefficient (Wildman–Crippen LogP) is 2.11. The van der Waals surface area contributed by atoms with Crippen LogP contribution in [0.1, 0.15) is 32.1 Å². The Morgan fingerprint density at radius 1 is 1.27 bits per heavy atom. The molecule has 62 valence electrons. The van der Waals surface area contributed by atoms with E-state index in [1.165, 1.54) is 25.7 Å². The lowest BCUT2D eigenvalue weighted by molar-refractivity contribution is 0.192. The molecule has 2 rings (SSSR count). The van der Waals surface area contributed by atoms with Gasteiger partial charge in [-0.3, -0.25) is 0 Å². The van der Waals surface area contributed by atoms with Gasteiger partial charge in [-0.1, -0.05) is 25.0 Å². The first kappa shape index (κ1) is 7.35. The van der Waals surface area contributed by atoms with Crippen molar-refractivity contribution in [2.45, 2.75) is 38.2 Å². The van der Waals surface area contributed by atoms with Gasteiger partial charge in [-0.15, -0.1) is 0 Å². The lowest BCUT2D eigenvalue weighted by atomic mass is 10.1. The smallest absolute Gasteiger partial charge is 0.0751 e. The molecular weight excluding hydrogens is 136 g/mol. The number of aliphatic hydroxyl groups excluding tert-OH is 1. The molecule has 2 aliphatic rings. The van der Waals surface area contributed by atoms with Gasteiger partial charge in [0, 0.05) is 0 Å². The molecular formula is C10H16O. The number of rotatable bonds is 0. The summed E-state index contributed by atoms with van der Waals surface area (Å²) in [4.78, 5) is 0. The second-order valence-corrected chi connectivity index (χ2v) is 3.86. The van der Waals surface area contributed by atoms with Crippen molar-refractivity contribution in [1.29, 1.82) is 0 Å². The van der Waals surface area contributed by atoms with Crippen LogP contribution in [0.15, 0.2) is 12.2 Å². The van der Waals surface area contributed by atoms with Crippen LogP contribution in [0.5, 0.6) is 0 Å². The Balaban J connectivity index is 1.95. The summed E-state index contributed by atoms with van der Waals surface area (Å²) in [5, 5.41) is 9.56. The minimum absolute atomic E-state index is 0.127. The average molecular weight is 152 g/mol. The fourth-order valence-corrected chi connectivity index (χ4v) is 2.07. The molecule has 11 heavy (non-hydrogen) atoms. The monoisotopic (exact) mass is 152 g/mol. The van der Waals surface area contributed by atoms with Gasteiger partial charge in [-0.05, 0) is 31.1 Å². The quantitative estimate of drug-likeness (QED) is 0.527. The third-order valence-electron chi connectivity index (χ3n) is 2.94. The van der Waals surface area contributed by atoms with Crippen molar-refractivity contribution >= 4 is 0 Å². The molecule has 0 unspecified atom stereocenters. The molecule has 0 aliphatic heterocycles. The van der Waals surface area contributed by atoms with E-state index in [1.807, 2.05) is 6.08 Å². The number of fused-ring (bicyclic) bond motifs is 1. The molecule has 0 aromatic heterocycles. The van der Waals surface area contributed by atoms with Crippen LogP contribution >= 0.6 is 0 Å². The zero-order valence-corrected chi connectivity index (χ0v) is 6.87. The van der Waals surface area contributed by atoms with Crippen LogP contribution in [0.3, 0.4) is 0 Å². The van der Waals surface area contributed by atoms with Gasteiger partial charge >= 0.3 is 0 Å². The fraction of sp³-hybridized carbons (Fsp3) is 0.800. The van der Waals surface area contributed by atoms with Gasteiger partial charge in [0.15, 0.2) is 0 Å². The van der Waals surface area contributed by atoms with Gasteiger partial charge in [0.05, 0.1) is 6.10 Å². The Morgan fingerprint density at radius 3 is 3.09 bits per heavy atom. The van der Waals surface area contributed by atoms with E-state index < -0.39 is 0 Å². The van der Waals surface area contributed by atoms with Gasteiger partial charge in [-0.2, -0.15) is 0 Å². The Hall–Kier alpha value is -0.300. The highest BCUT2D eigenvalue weighted by Crippen LogP contribution is 2.45. The van der Waals surface area contributed by atoms with Gasteiger partial charge in [0.25, 0.3) is 0 Å². The van der Waals surface area contributed by atoms with E-state index in [0.29, 0.717) is 5.92 Å². The van der Waals surface area contributed by atoms with Gasteiger partial charge in [-0.25, -0.2) is 0 Å². The molecule has 0 saturated heterocycles. The summed E-state index contributed by atoms with van der Waals surface area (Å²) in [6, 6.07) is 0. The average Bonchev–Trinajstić information content (AvgIpc) is 2.74. The second kappa shape index (κ2) is 2.98. The predicted molar refractivity (Wildman–Crippen MR) is 45.2 cm³/mol. The first-order valence-corrected chi connectivity index (χ1v) is 4.72. The highest BCUT2D eigenvalue weighted by atomic mass is 16.3. The zero-order chi connectivity index (χ0) is 7.68. The van der Waals surface area contributed by atoms with Gasteiger partial charge in [0.1, 0.15) is 0 Å². The van der Waals surface area contributed by atoms with Crippen molar-refractivity contribution < 1.29 is 5.11 Å². The summed E-state index contributed by atoms with van der Waals surface area (Å²) in [6.45, 7) is 0. The minimum Gasteiger partial charge on any atom is -0.389 e.